The Morgan fingerprint density at radius 3 is 2.23 bits per heavy atom. The van der Waals surface area contributed by atoms with Gasteiger partial charge in [-0.25, -0.2) is 0 Å². The molecule has 2 aromatic carbocycles. The third kappa shape index (κ3) is 9.72. The summed E-state index contributed by atoms with van der Waals surface area (Å²) in [6.07, 6.45) is -3.48. The van der Waals surface area contributed by atoms with Gasteiger partial charge in [0.05, 0.1) is 29.0 Å². The Morgan fingerprint density at radius 1 is 0.977 bits per heavy atom. The fraction of sp³-hybridized carbons (Fsp3) is 0.357. The number of carbonyl (C=O) groups excluding carboxylic acids is 3. The van der Waals surface area contributed by atoms with E-state index in [9.17, 15) is 37.6 Å². The normalized spacial score (nSPS) is 12.8. The highest BCUT2D eigenvalue weighted by molar-refractivity contribution is 6.58. The summed E-state index contributed by atoms with van der Waals surface area (Å²) in [5.41, 5.74) is 17.5. The number of carbonyl (C=O) groups is 3. The number of rotatable bonds is 14. The lowest BCUT2D eigenvalue weighted by molar-refractivity contribution is -0.137. The summed E-state index contributed by atoms with van der Waals surface area (Å²) in [7, 11) is -1.72. The van der Waals surface area contributed by atoms with E-state index in [4.69, 9.17) is 17.2 Å². The van der Waals surface area contributed by atoms with E-state index in [-0.39, 0.29) is 49.4 Å². The second-order valence-corrected chi connectivity index (χ2v) is 10.1. The average Bonchev–Trinajstić information content (AvgIpc) is 2.98. The van der Waals surface area contributed by atoms with Gasteiger partial charge in [0.1, 0.15) is 6.04 Å². The highest BCUT2D eigenvalue weighted by Gasteiger charge is 2.31. The Bertz CT molecular complexity index is 1440. The Morgan fingerprint density at radius 2 is 1.64 bits per heavy atom. The van der Waals surface area contributed by atoms with Gasteiger partial charge < -0.3 is 42.8 Å². The summed E-state index contributed by atoms with van der Waals surface area (Å²) in [6.45, 7) is 1.04. The maximum Gasteiger partial charge on any atom is 0.488 e. The third-order valence-corrected chi connectivity index (χ3v) is 6.78. The first kappa shape index (κ1) is 34.4. The van der Waals surface area contributed by atoms with Crippen molar-refractivity contribution in [3.8, 4) is 0 Å². The minimum absolute atomic E-state index is 0.0431. The van der Waals surface area contributed by atoms with Crippen molar-refractivity contribution in [3.05, 3.63) is 65.9 Å². The summed E-state index contributed by atoms with van der Waals surface area (Å²) in [4.78, 5) is 44.6. The van der Waals surface area contributed by atoms with Crippen LogP contribution in [0.5, 0.6) is 0 Å². The van der Waals surface area contributed by atoms with Crippen molar-refractivity contribution in [2.75, 3.05) is 31.5 Å². The number of nitrogens with zero attached hydrogens (tertiary/aromatic N) is 2. The van der Waals surface area contributed by atoms with Crippen LogP contribution in [0, 0.1) is 0 Å². The van der Waals surface area contributed by atoms with Crippen molar-refractivity contribution in [3.63, 3.8) is 0 Å². The molecule has 3 amide bonds. The molecule has 0 spiro atoms. The molecule has 1 heterocycles. The molecule has 3 aromatic rings. The molecule has 0 unspecified atom stereocenters. The van der Waals surface area contributed by atoms with Crippen LogP contribution >= 0.6 is 0 Å². The highest BCUT2D eigenvalue weighted by Crippen LogP contribution is 2.29. The Balaban J connectivity index is 1.78. The zero-order valence-corrected chi connectivity index (χ0v) is 23.8. The molecule has 16 heteroatoms. The number of aromatic nitrogens is 1. The summed E-state index contributed by atoms with van der Waals surface area (Å²) in [6, 6.07) is 7.78. The number of nitrogens with one attached hydrogen (secondary N) is 2. The summed E-state index contributed by atoms with van der Waals surface area (Å²) < 4.78 is 39.2. The minimum Gasteiger partial charge on any atom is -0.423 e. The van der Waals surface area contributed by atoms with E-state index in [1.807, 2.05) is 0 Å². The van der Waals surface area contributed by atoms with Gasteiger partial charge in [-0.05, 0) is 41.7 Å². The summed E-state index contributed by atoms with van der Waals surface area (Å²) in [5, 5.41) is 24.6. The number of halogens is 3. The number of pyridine rings is 1. The molecule has 0 fully saturated rings. The van der Waals surface area contributed by atoms with Crippen molar-refractivity contribution in [2.24, 2.45) is 17.2 Å². The zero-order chi connectivity index (χ0) is 32.4. The van der Waals surface area contributed by atoms with Gasteiger partial charge in [0, 0.05) is 44.4 Å². The van der Waals surface area contributed by atoms with E-state index in [0.29, 0.717) is 29.6 Å². The standard InChI is InChI=1S/C28H35BF3N7O5/c30-28(31,32)19-3-1-17(2-4-19)13-24(38-26(41)22(35)6-8-25(40)39(11-9-33)12-10-34)27(42)37-21-15-18-14-20(29(43)44)5-7-23(18)36-16-21/h1-5,7,14-16,22,24,43-44H,6,8-13,33-35H2,(H,37,42)(H,38,41)/t22-,24+/m0/s1. The quantitative estimate of drug-likeness (QED) is 0.116. The second kappa shape index (κ2) is 15.6. The summed E-state index contributed by atoms with van der Waals surface area (Å²) >= 11 is 0. The number of fused-ring (bicyclic) bond motifs is 1. The molecule has 1 aromatic heterocycles. The van der Waals surface area contributed by atoms with Crippen molar-refractivity contribution >= 4 is 46.9 Å². The van der Waals surface area contributed by atoms with Gasteiger partial charge in [0.15, 0.2) is 0 Å². The second-order valence-electron chi connectivity index (χ2n) is 10.1. The van der Waals surface area contributed by atoms with Gasteiger partial charge in [-0.3, -0.25) is 19.4 Å². The molecule has 10 N–H and O–H groups in total. The predicted molar refractivity (Wildman–Crippen MR) is 159 cm³/mol. The summed E-state index contributed by atoms with van der Waals surface area (Å²) in [5.74, 6) is -1.74. The van der Waals surface area contributed by atoms with Gasteiger partial charge in [-0.2, -0.15) is 13.2 Å². The molecule has 44 heavy (non-hydrogen) atoms. The van der Waals surface area contributed by atoms with Crippen molar-refractivity contribution in [2.45, 2.75) is 37.5 Å². The molecule has 0 aliphatic heterocycles. The molecule has 3 rings (SSSR count). The monoisotopic (exact) mass is 617 g/mol. The van der Waals surface area contributed by atoms with E-state index in [1.165, 1.54) is 41.4 Å². The van der Waals surface area contributed by atoms with Crippen LogP contribution < -0.4 is 33.3 Å². The molecule has 0 saturated carbocycles. The maximum atomic E-state index is 13.4. The van der Waals surface area contributed by atoms with Crippen LogP contribution in [-0.4, -0.2) is 83.0 Å². The Labute approximate surface area is 251 Å². The topological polar surface area (TPSA) is 210 Å². The van der Waals surface area contributed by atoms with Crippen LogP contribution in [0.25, 0.3) is 10.9 Å². The van der Waals surface area contributed by atoms with Crippen LogP contribution in [0.3, 0.4) is 0 Å². The van der Waals surface area contributed by atoms with Gasteiger partial charge >= 0.3 is 13.3 Å². The molecular weight excluding hydrogens is 582 g/mol. The van der Waals surface area contributed by atoms with Gasteiger partial charge in [0.2, 0.25) is 17.7 Å². The fourth-order valence-corrected chi connectivity index (χ4v) is 4.40. The van der Waals surface area contributed by atoms with Crippen LogP contribution in [0.4, 0.5) is 18.9 Å². The SMILES string of the molecule is NCCN(CCN)C(=O)CC[C@H](N)C(=O)N[C@H](Cc1ccc(C(F)(F)F)cc1)C(=O)Nc1cnc2ccc(B(O)O)cc2c1. The van der Waals surface area contributed by atoms with Crippen molar-refractivity contribution in [1.29, 1.82) is 0 Å². The van der Waals surface area contributed by atoms with Crippen molar-refractivity contribution < 1.29 is 37.6 Å². The molecule has 0 saturated heterocycles. The lowest BCUT2D eigenvalue weighted by Crippen LogP contribution is -2.51. The van der Waals surface area contributed by atoms with Gasteiger partial charge in [-0.15, -0.1) is 0 Å². The number of hydrogen-bond donors (Lipinski definition) is 7. The lowest BCUT2D eigenvalue weighted by Gasteiger charge is -2.23. The Kier molecular flexibility index (Phi) is 12.2. The first-order chi connectivity index (χ1) is 20.8. The van der Waals surface area contributed by atoms with Gasteiger partial charge in [0.25, 0.3) is 0 Å². The van der Waals surface area contributed by atoms with Crippen LogP contribution in [0.1, 0.15) is 24.0 Å². The van der Waals surface area contributed by atoms with Crippen LogP contribution in [-0.2, 0) is 27.0 Å². The molecular formula is C28H35BF3N7O5. The number of benzene rings is 2. The lowest BCUT2D eigenvalue weighted by atomic mass is 9.80. The zero-order valence-electron chi connectivity index (χ0n) is 23.8. The highest BCUT2D eigenvalue weighted by atomic mass is 19.4. The van der Waals surface area contributed by atoms with E-state index in [0.717, 1.165) is 12.1 Å². The number of nitrogens with two attached hydrogens (primary N) is 3. The average molecular weight is 617 g/mol. The largest absolute Gasteiger partial charge is 0.488 e. The van der Waals surface area contributed by atoms with Gasteiger partial charge in [-0.1, -0.05) is 24.3 Å². The van der Waals surface area contributed by atoms with Crippen molar-refractivity contribution in [1.82, 2.24) is 15.2 Å². The predicted octanol–water partition coefficient (Wildman–Crippen LogP) is -0.547. The molecule has 0 radical (unpaired) electrons. The van der Waals surface area contributed by atoms with E-state index < -0.39 is 42.8 Å². The fourth-order valence-electron chi connectivity index (χ4n) is 4.40. The smallest absolute Gasteiger partial charge is 0.423 e. The number of hydrogen-bond acceptors (Lipinski definition) is 9. The van der Waals surface area contributed by atoms with E-state index in [2.05, 4.69) is 15.6 Å². The van der Waals surface area contributed by atoms with Crippen LogP contribution in [0.15, 0.2) is 54.7 Å². The Hall–Kier alpha value is -4.09. The first-order valence-corrected chi connectivity index (χ1v) is 13.8. The molecule has 236 valence electrons. The first-order valence-electron chi connectivity index (χ1n) is 13.8. The number of amides is 3. The number of alkyl halides is 3. The number of anilines is 1. The van der Waals surface area contributed by atoms with E-state index in [1.54, 1.807) is 6.07 Å². The molecule has 0 aliphatic carbocycles. The van der Waals surface area contributed by atoms with Crippen LogP contribution in [0.2, 0.25) is 0 Å². The molecule has 0 aliphatic rings. The molecule has 0 bridgehead atoms. The third-order valence-electron chi connectivity index (χ3n) is 6.78. The molecule has 12 nitrogen and oxygen atoms in total. The molecule has 2 atom stereocenters. The van der Waals surface area contributed by atoms with E-state index >= 15 is 0 Å². The minimum atomic E-state index is -4.55. The maximum absolute atomic E-state index is 13.4.